The van der Waals surface area contributed by atoms with Crippen LogP contribution >= 0.6 is 23.8 Å². The van der Waals surface area contributed by atoms with Crippen molar-refractivity contribution in [2.45, 2.75) is 53.0 Å². The van der Waals surface area contributed by atoms with Crippen LogP contribution in [0.5, 0.6) is 0 Å². The fourth-order valence-corrected chi connectivity index (χ4v) is 3.28. The van der Waals surface area contributed by atoms with Crippen molar-refractivity contribution >= 4 is 53.6 Å². The largest absolute Gasteiger partial charge is 0.467 e. The summed E-state index contributed by atoms with van der Waals surface area (Å²) in [5, 5.41) is 5.04. The number of ketones is 1. The second-order valence-corrected chi connectivity index (χ2v) is 9.65. The van der Waals surface area contributed by atoms with Crippen LogP contribution in [0.25, 0.3) is 0 Å². The van der Waals surface area contributed by atoms with E-state index in [2.05, 4.69) is 38.2 Å². The molecule has 43 heavy (non-hydrogen) atoms. The van der Waals surface area contributed by atoms with Crippen molar-refractivity contribution < 1.29 is 38.1 Å². The zero-order chi connectivity index (χ0) is 33.2. The molecule has 0 aliphatic carbocycles. The predicted molar refractivity (Wildman–Crippen MR) is 172 cm³/mol. The van der Waals surface area contributed by atoms with E-state index in [0.29, 0.717) is 0 Å². The quantitative estimate of drug-likeness (QED) is 0.137. The summed E-state index contributed by atoms with van der Waals surface area (Å²) < 4.78 is 19.0. The van der Waals surface area contributed by atoms with E-state index in [1.165, 1.54) is 7.11 Å². The number of Topliss-reactive ketones (excluding diaryl/α,β-unsaturated/α-hetero) is 1. The Morgan fingerprint density at radius 3 is 1.37 bits per heavy atom. The topological polar surface area (TPSA) is 129 Å². The zero-order valence-corrected chi connectivity index (χ0v) is 27.5. The Kier molecular flexibility index (Phi) is 25.3. The van der Waals surface area contributed by atoms with Gasteiger partial charge < -0.3 is 29.6 Å². The monoisotopic (exact) mass is 640 g/mol. The van der Waals surface area contributed by atoms with Crippen LogP contribution in [0.1, 0.15) is 38.8 Å². The number of alkyl carbamates (subject to hydrolysis) is 2. The number of esters is 1. The van der Waals surface area contributed by atoms with Crippen LogP contribution in [0.4, 0.5) is 9.59 Å². The molecule has 10 nitrogen and oxygen atoms in total. The summed E-state index contributed by atoms with van der Waals surface area (Å²) in [5.41, 5.74) is 1.78. The summed E-state index contributed by atoms with van der Waals surface area (Å²) in [6.07, 6.45) is -1.24. The number of benzene rings is 2. The third-order valence-corrected chi connectivity index (χ3v) is 5.50. The van der Waals surface area contributed by atoms with E-state index in [1.54, 1.807) is 14.2 Å². The average molecular weight is 641 g/mol. The number of halogens is 1. The molecule has 0 aromatic heterocycles. The van der Waals surface area contributed by atoms with Crippen LogP contribution in [0.3, 0.4) is 0 Å². The molecule has 2 rings (SSSR count). The molecule has 2 atom stereocenters. The minimum atomic E-state index is -0.701. The molecule has 0 saturated carbocycles. The van der Waals surface area contributed by atoms with Gasteiger partial charge in [-0.15, -0.1) is 11.6 Å². The first kappa shape index (κ1) is 41.6. The predicted octanol–water partition coefficient (Wildman–Crippen LogP) is 5.73. The number of alkyl halides is 1. The molecule has 2 aromatic carbocycles. The van der Waals surface area contributed by atoms with Gasteiger partial charge in [0, 0.05) is 14.2 Å². The highest BCUT2D eigenvalue weighted by Crippen LogP contribution is 2.07. The molecule has 0 saturated heterocycles. The second kappa shape index (κ2) is 26.1. The van der Waals surface area contributed by atoms with Crippen molar-refractivity contribution in [3.8, 4) is 0 Å². The molecule has 0 fully saturated rings. The van der Waals surface area contributed by atoms with Crippen molar-refractivity contribution in [2.75, 3.05) is 27.2 Å². The van der Waals surface area contributed by atoms with Gasteiger partial charge in [0.2, 0.25) is 0 Å². The Bertz CT molecular complexity index is 961. The van der Waals surface area contributed by atoms with Crippen LogP contribution in [-0.4, -0.2) is 69.1 Å². The summed E-state index contributed by atoms with van der Waals surface area (Å²) in [6, 6.07) is 17.3. The van der Waals surface area contributed by atoms with Gasteiger partial charge in [0.25, 0.3) is 0 Å². The van der Waals surface area contributed by atoms with Crippen LogP contribution in [0.15, 0.2) is 60.7 Å². The fourth-order valence-electron chi connectivity index (χ4n) is 3.11. The van der Waals surface area contributed by atoms with Crippen molar-refractivity contribution in [3.63, 3.8) is 0 Å². The molecule has 0 radical (unpaired) electrons. The molecule has 240 valence electrons. The third-order valence-electron chi connectivity index (χ3n) is 5.24. The molecule has 2 aromatic rings. The Balaban J connectivity index is 0. The molecule has 2 amide bonds. The summed E-state index contributed by atoms with van der Waals surface area (Å²) in [7, 11) is 4.54. The molecular formula is C31H45ClN2O8S. The Hall–Kier alpha value is -3.54. The van der Waals surface area contributed by atoms with Gasteiger partial charge in [-0.2, -0.15) is 0 Å². The number of hydrogen-bond acceptors (Lipinski definition) is 9. The second-order valence-electron chi connectivity index (χ2n) is 9.39. The van der Waals surface area contributed by atoms with E-state index in [9.17, 15) is 19.2 Å². The lowest BCUT2D eigenvalue weighted by atomic mass is 10.0. The standard InChI is InChI=1S/C14H18ClNO3.C14H19NO4.C2H6O.CH2S/c1-10(2)13(12(17)8-15)16-14(18)19-9-11-6-4-3-5-7-11;1-10(2)12(13(16)18-3)15-14(17)19-9-11-7-5-4-6-8-11;1-3-2;1-2/h3-7,10,13H,8-9H2,1-2H3,(H,16,18);4-8,10,12H,9H2,1-3H3,(H,15,17);1-2H3;1H2. The number of nitrogens with one attached hydrogen (secondary N) is 2. The Morgan fingerprint density at radius 2 is 1.07 bits per heavy atom. The van der Waals surface area contributed by atoms with Crippen molar-refractivity contribution in [3.05, 3.63) is 71.8 Å². The number of amides is 2. The molecule has 2 N–H and O–H groups in total. The first-order chi connectivity index (χ1) is 20.5. The van der Waals surface area contributed by atoms with Crippen LogP contribution in [0, 0.1) is 11.8 Å². The maximum absolute atomic E-state index is 11.6. The molecule has 0 aliphatic heterocycles. The van der Waals surface area contributed by atoms with Gasteiger partial charge in [0.1, 0.15) is 19.3 Å². The molecule has 2 unspecified atom stereocenters. The summed E-state index contributed by atoms with van der Waals surface area (Å²) in [4.78, 5) is 46.3. The van der Waals surface area contributed by atoms with Gasteiger partial charge in [0.15, 0.2) is 5.78 Å². The van der Waals surface area contributed by atoms with E-state index in [-0.39, 0.29) is 36.7 Å². The van der Waals surface area contributed by atoms with Gasteiger partial charge >= 0.3 is 18.2 Å². The number of methoxy groups -OCH3 is 2. The third kappa shape index (κ3) is 20.1. The maximum Gasteiger partial charge on any atom is 0.408 e. The molecular weight excluding hydrogens is 596 g/mol. The normalized spacial score (nSPS) is 11.0. The number of thiocarbonyl (C=S) groups is 1. The minimum absolute atomic E-state index is 0.0319. The fraction of sp³-hybridized carbons (Fsp3) is 0.452. The summed E-state index contributed by atoms with van der Waals surface area (Å²) in [6.45, 7) is 7.66. The first-order valence-electron chi connectivity index (χ1n) is 13.3. The highest BCUT2D eigenvalue weighted by atomic mass is 35.5. The van der Waals surface area contributed by atoms with E-state index in [1.807, 2.05) is 88.4 Å². The zero-order valence-electron chi connectivity index (χ0n) is 26.0. The number of carbonyl (C=O) groups excluding carboxylic acids is 4. The molecule has 0 spiro atoms. The van der Waals surface area contributed by atoms with Crippen LogP contribution in [-0.2, 0) is 41.8 Å². The molecule has 12 heteroatoms. The number of rotatable bonds is 11. The van der Waals surface area contributed by atoms with Gasteiger partial charge in [-0.3, -0.25) is 4.79 Å². The minimum Gasteiger partial charge on any atom is -0.467 e. The van der Waals surface area contributed by atoms with Crippen molar-refractivity contribution in [1.29, 1.82) is 0 Å². The van der Waals surface area contributed by atoms with E-state index in [0.717, 1.165) is 11.1 Å². The van der Waals surface area contributed by atoms with Crippen LogP contribution in [0.2, 0.25) is 0 Å². The lowest BCUT2D eigenvalue weighted by Crippen LogP contribution is -2.45. The van der Waals surface area contributed by atoms with E-state index in [4.69, 9.17) is 21.1 Å². The Labute approximate surface area is 265 Å². The van der Waals surface area contributed by atoms with E-state index >= 15 is 0 Å². The van der Waals surface area contributed by atoms with Crippen LogP contribution < -0.4 is 10.6 Å². The van der Waals surface area contributed by atoms with Crippen molar-refractivity contribution in [1.82, 2.24) is 10.6 Å². The molecule has 0 bridgehead atoms. The maximum atomic E-state index is 11.6. The van der Waals surface area contributed by atoms with Gasteiger partial charge in [-0.1, -0.05) is 101 Å². The van der Waals surface area contributed by atoms with Crippen molar-refractivity contribution in [2.24, 2.45) is 11.8 Å². The number of hydrogen-bond donors (Lipinski definition) is 2. The first-order valence-corrected chi connectivity index (χ1v) is 14.4. The SMILES string of the molecule is C=S.CC(C)C(NC(=O)OCc1ccccc1)C(=O)CCl.COC.COC(=O)C(NC(=O)OCc1ccccc1)C(C)C. The lowest BCUT2D eigenvalue weighted by Gasteiger charge is -2.19. The smallest absolute Gasteiger partial charge is 0.408 e. The Morgan fingerprint density at radius 1 is 0.721 bits per heavy atom. The average Bonchev–Trinajstić information content (AvgIpc) is 3.02. The highest BCUT2D eigenvalue weighted by Gasteiger charge is 2.25. The highest BCUT2D eigenvalue weighted by molar-refractivity contribution is 7.77. The molecule has 0 aliphatic rings. The lowest BCUT2D eigenvalue weighted by molar-refractivity contribution is -0.144. The summed E-state index contributed by atoms with van der Waals surface area (Å²) >= 11 is 9.34. The van der Waals surface area contributed by atoms with E-state index < -0.39 is 30.2 Å². The van der Waals surface area contributed by atoms with Gasteiger partial charge in [-0.25, -0.2) is 14.4 Å². The van der Waals surface area contributed by atoms with Gasteiger partial charge in [0.05, 0.1) is 19.0 Å². The number of carbonyl (C=O) groups is 4. The summed E-state index contributed by atoms with van der Waals surface area (Å²) in [5.74, 6) is 1.91. The number of ether oxygens (including phenoxy) is 4. The van der Waals surface area contributed by atoms with Gasteiger partial charge in [-0.05, 0) is 28.8 Å². The molecule has 0 heterocycles.